The minimum Gasteiger partial charge on any atom is -0.497 e. The Morgan fingerprint density at radius 1 is 0.944 bits per heavy atom. The molecule has 0 aliphatic heterocycles. The first kappa shape index (κ1) is 25.1. The molecular formula is C25H30N8O2S. The van der Waals surface area contributed by atoms with Gasteiger partial charge in [0.2, 0.25) is 5.95 Å². The van der Waals surface area contributed by atoms with Crippen LogP contribution >= 0.6 is 11.3 Å². The number of hydrogen-bond acceptors (Lipinski definition) is 11. The van der Waals surface area contributed by atoms with E-state index in [4.69, 9.17) is 15.2 Å². The van der Waals surface area contributed by atoms with Gasteiger partial charge in [0.15, 0.2) is 5.01 Å². The highest BCUT2D eigenvalue weighted by Gasteiger charge is 2.15. The molecule has 0 amide bonds. The van der Waals surface area contributed by atoms with Gasteiger partial charge in [0.25, 0.3) is 0 Å². The molecule has 188 valence electrons. The molecule has 0 saturated carbocycles. The molecular weight excluding hydrogens is 476 g/mol. The highest BCUT2D eigenvalue weighted by Crippen LogP contribution is 2.36. The summed E-state index contributed by atoms with van der Waals surface area (Å²) in [4.78, 5) is 13.2. The second kappa shape index (κ2) is 11.2. The predicted octanol–water partition coefficient (Wildman–Crippen LogP) is 4.00. The summed E-state index contributed by atoms with van der Waals surface area (Å²) in [5, 5.41) is 13.4. The van der Waals surface area contributed by atoms with Crippen LogP contribution in [0.15, 0.2) is 48.7 Å². The lowest BCUT2D eigenvalue weighted by Gasteiger charge is -2.24. The molecule has 0 radical (unpaired) electrons. The summed E-state index contributed by atoms with van der Waals surface area (Å²) >= 11 is 1.45. The van der Waals surface area contributed by atoms with Crippen LogP contribution in [0.25, 0.3) is 21.3 Å². The number of likely N-dealkylation sites (N-methyl/N-ethyl adjacent to an activating group) is 2. The molecule has 11 heteroatoms. The van der Waals surface area contributed by atoms with Crippen LogP contribution < -0.4 is 25.4 Å². The zero-order valence-electron chi connectivity index (χ0n) is 21.0. The minimum atomic E-state index is 0.403. The first-order valence-corrected chi connectivity index (χ1v) is 12.1. The molecule has 2 aromatic carbocycles. The van der Waals surface area contributed by atoms with Gasteiger partial charge in [-0.1, -0.05) is 11.3 Å². The largest absolute Gasteiger partial charge is 0.497 e. The Kier molecular flexibility index (Phi) is 7.81. The number of methoxy groups -OCH3 is 2. The molecule has 36 heavy (non-hydrogen) atoms. The third kappa shape index (κ3) is 5.81. The first-order chi connectivity index (χ1) is 17.4. The van der Waals surface area contributed by atoms with Gasteiger partial charge in [0.1, 0.15) is 22.2 Å². The summed E-state index contributed by atoms with van der Waals surface area (Å²) in [6.45, 7) is 1.74. The van der Waals surface area contributed by atoms with E-state index < -0.39 is 0 Å². The maximum absolute atomic E-state index is 6.39. The zero-order valence-corrected chi connectivity index (χ0v) is 21.8. The number of nitrogens with one attached hydrogen (secondary N) is 1. The summed E-state index contributed by atoms with van der Waals surface area (Å²) in [5.74, 6) is 1.84. The normalized spacial score (nSPS) is 10.9. The van der Waals surface area contributed by atoms with E-state index in [1.807, 2.05) is 57.5 Å². The van der Waals surface area contributed by atoms with Gasteiger partial charge in [-0.25, -0.2) is 9.97 Å². The molecule has 4 rings (SSSR count). The highest BCUT2D eigenvalue weighted by atomic mass is 32.1. The fraction of sp³-hybridized carbons (Fsp3) is 0.280. The summed E-state index contributed by atoms with van der Waals surface area (Å²) < 4.78 is 10.9. The second-order valence-electron chi connectivity index (χ2n) is 8.37. The Balaban J connectivity index is 1.55. The van der Waals surface area contributed by atoms with Crippen LogP contribution in [-0.2, 0) is 0 Å². The summed E-state index contributed by atoms with van der Waals surface area (Å²) in [6.07, 6.45) is 1.68. The molecule has 2 aromatic heterocycles. The van der Waals surface area contributed by atoms with Crippen LogP contribution in [0.5, 0.6) is 11.5 Å². The van der Waals surface area contributed by atoms with Crippen LogP contribution in [-0.4, -0.2) is 73.5 Å². The second-order valence-corrected chi connectivity index (χ2v) is 9.35. The Hall–Kier alpha value is -3.96. The number of ether oxygens (including phenoxy) is 2. The van der Waals surface area contributed by atoms with E-state index in [1.165, 1.54) is 11.3 Å². The molecule has 2 heterocycles. The van der Waals surface area contributed by atoms with Gasteiger partial charge in [-0.05, 0) is 50.5 Å². The van der Waals surface area contributed by atoms with Gasteiger partial charge in [0.05, 0.1) is 31.3 Å². The maximum Gasteiger partial charge on any atom is 0.227 e. The van der Waals surface area contributed by atoms with Gasteiger partial charge in [-0.15, -0.1) is 10.2 Å². The summed E-state index contributed by atoms with van der Waals surface area (Å²) in [5.41, 5.74) is 10.2. The Morgan fingerprint density at radius 3 is 2.39 bits per heavy atom. The smallest absolute Gasteiger partial charge is 0.227 e. The molecule has 0 atom stereocenters. The van der Waals surface area contributed by atoms with Crippen LogP contribution in [0.1, 0.15) is 0 Å². The van der Waals surface area contributed by atoms with Crippen LogP contribution in [0.4, 0.5) is 23.0 Å². The molecule has 0 aliphatic carbocycles. The molecule has 10 nitrogen and oxygen atoms in total. The van der Waals surface area contributed by atoms with Gasteiger partial charge < -0.3 is 30.3 Å². The molecule has 0 fully saturated rings. The van der Waals surface area contributed by atoms with Crippen molar-refractivity contribution in [2.45, 2.75) is 0 Å². The highest BCUT2D eigenvalue weighted by molar-refractivity contribution is 7.17. The number of hydrogen-bond donors (Lipinski definition) is 2. The monoisotopic (exact) mass is 506 g/mol. The van der Waals surface area contributed by atoms with Gasteiger partial charge >= 0.3 is 0 Å². The maximum atomic E-state index is 6.39. The number of aromatic nitrogens is 4. The number of nitrogen functional groups attached to an aromatic ring is 1. The van der Waals surface area contributed by atoms with E-state index in [1.54, 1.807) is 26.5 Å². The van der Waals surface area contributed by atoms with Crippen LogP contribution in [0, 0.1) is 0 Å². The summed E-state index contributed by atoms with van der Waals surface area (Å²) in [7, 11) is 9.36. The van der Waals surface area contributed by atoms with E-state index >= 15 is 0 Å². The van der Waals surface area contributed by atoms with Crippen molar-refractivity contribution in [2.75, 3.05) is 64.4 Å². The first-order valence-electron chi connectivity index (χ1n) is 11.3. The molecule has 0 unspecified atom stereocenters. The molecule has 4 aromatic rings. The Bertz CT molecular complexity index is 1310. The van der Waals surface area contributed by atoms with Crippen molar-refractivity contribution in [3.63, 3.8) is 0 Å². The third-order valence-corrected chi connectivity index (χ3v) is 6.52. The van der Waals surface area contributed by atoms with Crippen molar-refractivity contribution < 1.29 is 9.47 Å². The van der Waals surface area contributed by atoms with E-state index in [2.05, 4.69) is 35.3 Å². The van der Waals surface area contributed by atoms with Crippen LogP contribution in [0.2, 0.25) is 0 Å². The third-order valence-electron chi connectivity index (χ3n) is 5.53. The number of nitrogens with two attached hydrogens (primary N) is 1. The number of nitrogens with zero attached hydrogens (tertiary/aromatic N) is 6. The van der Waals surface area contributed by atoms with E-state index in [-0.39, 0.29) is 0 Å². The van der Waals surface area contributed by atoms with Gasteiger partial charge in [-0.3, -0.25) is 0 Å². The number of benzene rings is 2. The van der Waals surface area contributed by atoms with Crippen molar-refractivity contribution in [1.82, 2.24) is 25.1 Å². The Morgan fingerprint density at radius 2 is 1.69 bits per heavy atom. The van der Waals surface area contributed by atoms with Crippen molar-refractivity contribution in [1.29, 1.82) is 0 Å². The van der Waals surface area contributed by atoms with E-state index in [9.17, 15) is 0 Å². The van der Waals surface area contributed by atoms with Crippen LogP contribution in [0.3, 0.4) is 0 Å². The van der Waals surface area contributed by atoms with E-state index in [0.29, 0.717) is 33.8 Å². The lowest BCUT2D eigenvalue weighted by molar-refractivity contribution is 0.413. The fourth-order valence-corrected chi connectivity index (χ4v) is 4.31. The standard InChI is InChI=1S/C25H30N8O2S/c1-32(2)12-13-33(3)21-15-22(35-5)20(14-18(21)26)29-25-27-11-10-19(28-25)24-31-30-23(36-24)16-6-8-17(34-4)9-7-16/h6-11,14-15H,12-13,26H2,1-5H3,(H,27,28,29). The van der Waals surface area contributed by atoms with Crippen molar-refractivity contribution >= 4 is 34.3 Å². The fourth-order valence-electron chi connectivity index (χ4n) is 3.49. The van der Waals surface area contributed by atoms with Gasteiger partial charge in [-0.2, -0.15) is 0 Å². The Labute approximate surface area is 214 Å². The summed E-state index contributed by atoms with van der Waals surface area (Å²) in [6, 6.07) is 13.3. The lowest BCUT2D eigenvalue weighted by Crippen LogP contribution is -2.29. The average molecular weight is 507 g/mol. The predicted molar refractivity (Wildman–Crippen MR) is 145 cm³/mol. The average Bonchev–Trinajstić information content (AvgIpc) is 3.38. The SMILES string of the molecule is COc1ccc(-c2nnc(-c3ccnc(Nc4cc(N)c(N(C)CCN(C)C)cc4OC)n3)s2)cc1. The molecule has 0 spiro atoms. The van der Waals surface area contributed by atoms with Gasteiger partial charge in [0, 0.05) is 38.0 Å². The molecule has 3 N–H and O–H groups in total. The molecule has 0 saturated heterocycles. The topological polar surface area (TPSA) is 115 Å². The molecule has 0 aliphatic rings. The zero-order chi connectivity index (χ0) is 25.7. The number of anilines is 4. The quantitative estimate of drug-likeness (QED) is 0.306. The van der Waals surface area contributed by atoms with Crippen molar-refractivity contribution in [3.8, 4) is 32.8 Å². The molecule has 0 bridgehead atoms. The number of rotatable bonds is 10. The van der Waals surface area contributed by atoms with E-state index in [0.717, 1.165) is 35.1 Å². The van der Waals surface area contributed by atoms with Crippen molar-refractivity contribution in [3.05, 3.63) is 48.7 Å². The minimum absolute atomic E-state index is 0.403. The lowest BCUT2D eigenvalue weighted by atomic mass is 10.2. The van der Waals surface area contributed by atoms with Crippen molar-refractivity contribution in [2.24, 2.45) is 0 Å².